The summed E-state index contributed by atoms with van der Waals surface area (Å²) in [7, 11) is 0. The van der Waals surface area contributed by atoms with Gasteiger partial charge >= 0.3 is 0 Å². The van der Waals surface area contributed by atoms with E-state index >= 15 is 0 Å². The van der Waals surface area contributed by atoms with Crippen LogP contribution in [0.2, 0.25) is 5.02 Å². The molecule has 0 radical (unpaired) electrons. The molecule has 2 rings (SSSR count). The number of rotatable bonds is 6. The van der Waals surface area contributed by atoms with E-state index < -0.39 is 0 Å². The van der Waals surface area contributed by atoms with Crippen molar-refractivity contribution in [3.05, 3.63) is 58.6 Å². The van der Waals surface area contributed by atoms with Gasteiger partial charge in [-0.05, 0) is 36.2 Å². The van der Waals surface area contributed by atoms with Crippen molar-refractivity contribution >= 4 is 11.6 Å². The van der Waals surface area contributed by atoms with E-state index in [2.05, 4.69) is 25.2 Å². The summed E-state index contributed by atoms with van der Waals surface area (Å²) in [5.74, 6) is 0.380. The minimum Gasteiger partial charge on any atom is -0.349 e. The van der Waals surface area contributed by atoms with Crippen molar-refractivity contribution in [3.63, 3.8) is 0 Å². The van der Waals surface area contributed by atoms with Crippen LogP contribution in [0, 0.1) is 11.7 Å². The summed E-state index contributed by atoms with van der Waals surface area (Å²) in [5, 5.41) is 3.82. The second-order valence-electron chi connectivity index (χ2n) is 5.45. The Bertz CT molecular complexity index is 563. The minimum atomic E-state index is -0.259. The number of nitrogens with zero attached hydrogens (tertiary/aromatic N) is 1. The molecule has 0 unspecified atom stereocenters. The lowest BCUT2D eigenvalue weighted by Gasteiger charge is -2.06. The molecule has 0 fully saturated rings. The van der Waals surface area contributed by atoms with E-state index in [4.69, 9.17) is 11.6 Å². The zero-order chi connectivity index (χ0) is 14.5. The molecule has 1 aromatic heterocycles. The van der Waals surface area contributed by atoms with E-state index in [0.717, 1.165) is 13.1 Å². The first-order valence-electron chi connectivity index (χ1n) is 6.84. The van der Waals surface area contributed by atoms with Gasteiger partial charge in [0.2, 0.25) is 0 Å². The second kappa shape index (κ2) is 6.91. The van der Waals surface area contributed by atoms with Crippen LogP contribution in [-0.4, -0.2) is 11.1 Å². The van der Waals surface area contributed by atoms with Gasteiger partial charge in [-0.3, -0.25) is 0 Å². The molecule has 2 nitrogen and oxygen atoms in total. The lowest BCUT2D eigenvalue weighted by Crippen LogP contribution is -2.18. The second-order valence-corrected chi connectivity index (χ2v) is 5.89. The molecule has 0 aliphatic carbocycles. The average molecular weight is 295 g/mol. The van der Waals surface area contributed by atoms with Crippen LogP contribution in [-0.2, 0) is 13.1 Å². The van der Waals surface area contributed by atoms with Crippen molar-refractivity contribution in [1.82, 2.24) is 9.88 Å². The Hall–Kier alpha value is -1.32. The van der Waals surface area contributed by atoms with Gasteiger partial charge in [-0.2, -0.15) is 0 Å². The molecule has 2 aromatic rings. The van der Waals surface area contributed by atoms with Crippen LogP contribution in [0.4, 0.5) is 4.39 Å². The number of hydrogen-bond donors (Lipinski definition) is 1. The molecule has 0 saturated carbocycles. The Kier molecular flexibility index (Phi) is 5.21. The van der Waals surface area contributed by atoms with Crippen LogP contribution in [0.25, 0.3) is 0 Å². The lowest BCUT2D eigenvalue weighted by atomic mass is 10.2. The number of aromatic nitrogens is 1. The highest BCUT2D eigenvalue weighted by molar-refractivity contribution is 6.30. The summed E-state index contributed by atoms with van der Waals surface area (Å²) >= 11 is 5.75. The van der Waals surface area contributed by atoms with Crippen molar-refractivity contribution in [2.24, 2.45) is 5.92 Å². The van der Waals surface area contributed by atoms with Gasteiger partial charge in [0.1, 0.15) is 5.82 Å². The summed E-state index contributed by atoms with van der Waals surface area (Å²) < 4.78 is 15.7. The van der Waals surface area contributed by atoms with Gasteiger partial charge in [0.25, 0.3) is 0 Å². The van der Waals surface area contributed by atoms with Crippen LogP contribution >= 0.6 is 11.6 Å². The maximum absolute atomic E-state index is 13.7. The lowest BCUT2D eigenvalue weighted by molar-refractivity contribution is 0.552. The molecule has 108 valence electrons. The van der Waals surface area contributed by atoms with Crippen molar-refractivity contribution < 1.29 is 4.39 Å². The zero-order valence-corrected chi connectivity index (χ0v) is 12.6. The minimum absolute atomic E-state index is 0.259. The normalized spacial score (nSPS) is 11.2. The average Bonchev–Trinajstić information content (AvgIpc) is 2.80. The Morgan fingerprint density at radius 3 is 2.80 bits per heavy atom. The quantitative estimate of drug-likeness (QED) is 0.849. The summed E-state index contributed by atoms with van der Waals surface area (Å²) in [6, 6.07) is 6.86. The number of nitrogens with one attached hydrogen (secondary N) is 1. The molecule has 4 heteroatoms. The van der Waals surface area contributed by atoms with Gasteiger partial charge in [0, 0.05) is 36.1 Å². The molecule has 1 aromatic carbocycles. The van der Waals surface area contributed by atoms with Crippen LogP contribution in [0.5, 0.6) is 0 Å². The Morgan fingerprint density at radius 1 is 1.30 bits per heavy atom. The Balaban J connectivity index is 1.95. The van der Waals surface area contributed by atoms with Crippen LogP contribution in [0.3, 0.4) is 0 Å². The van der Waals surface area contributed by atoms with E-state index in [0.29, 0.717) is 23.0 Å². The molecule has 0 aliphatic heterocycles. The Morgan fingerprint density at radius 2 is 2.10 bits per heavy atom. The van der Waals surface area contributed by atoms with Crippen molar-refractivity contribution in [3.8, 4) is 0 Å². The van der Waals surface area contributed by atoms with Crippen LogP contribution in [0.1, 0.15) is 25.0 Å². The van der Waals surface area contributed by atoms with Gasteiger partial charge in [-0.15, -0.1) is 0 Å². The third kappa shape index (κ3) is 4.36. The molecule has 1 heterocycles. The van der Waals surface area contributed by atoms with E-state index in [1.165, 1.54) is 11.6 Å². The third-order valence-electron chi connectivity index (χ3n) is 3.06. The molecule has 20 heavy (non-hydrogen) atoms. The highest BCUT2D eigenvalue weighted by Crippen LogP contribution is 2.16. The standard InChI is InChI=1S/C16H20ClFN2/c1-12(2)8-19-9-13-5-6-20(10-13)11-14-3-4-15(17)7-16(14)18/h3-7,10,12,19H,8-9,11H2,1-2H3. The van der Waals surface area contributed by atoms with Gasteiger partial charge in [-0.1, -0.05) is 31.5 Å². The molecule has 0 atom stereocenters. The molecular weight excluding hydrogens is 275 g/mol. The number of hydrogen-bond acceptors (Lipinski definition) is 1. The summed E-state index contributed by atoms with van der Waals surface area (Å²) in [6.45, 7) is 6.72. The van der Waals surface area contributed by atoms with E-state index in [-0.39, 0.29) is 5.82 Å². The summed E-state index contributed by atoms with van der Waals surface area (Å²) in [4.78, 5) is 0. The fourth-order valence-corrected chi connectivity index (χ4v) is 2.20. The Labute approximate surface area is 124 Å². The number of halogens is 2. The largest absolute Gasteiger partial charge is 0.349 e. The van der Waals surface area contributed by atoms with Crippen LogP contribution < -0.4 is 5.32 Å². The van der Waals surface area contributed by atoms with Gasteiger partial charge in [0.15, 0.2) is 0 Å². The molecule has 1 N–H and O–H groups in total. The molecule has 0 aliphatic rings. The SMILES string of the molecule is CC(C)CNCc1ccn(Cc2ccc(Cl)cc2F)c1. The summed E-state index contributed by atoms with van der Waals surface area (Å²) in [5.41, 5.74) is 1.85. The first-order valence-corrected chi connectivity index (χ1v) is 7.21. The molecule has 0 amide bonds. The highest BCUT2D eigenvalue weighted by Gasteiger charge is 2.04. The van der Waals surface area contributed by atoms with Crippen molar-refractivity contribution in [2.75, 3.05) is 6.54 Å². The highest BCUT2D eigenvalue weighted by atomic mass is 35.5. The van der Waals surface area contributed by atoms with Gasteiger partial charge in [-0.25, -0.2) is 4.39 Å². The van der Waals surface area contributed by atoms with E-state index in [1.807, 2.05) is 17.0 Å². The maximum atomic E-state index is 13.7. The number of benzene rings is 1. The fourth-order valence-electron chi connectivity index (χ4n) is 2.05. The predicted octanol–water partition coefficient (Wildman–Crippen LogP) is 4.07. The first kappa shape index (κ1) is 15.1. The monoisotopic (exact) mass is 294 g/mol. The predicted molar refractivity (Wildman–Crippen MR) is 81.5 cm³/mol. The topological polar surface area (TPSA) is 17.0 Å². The first-order chi connectivity index (χ1) is 9.54. The van der Waals surface area contributed by atoms with Gasteiger partial charge < -0.3 is 9.88 Å². The third-order valence-corrected chi connectivity index (χ3v) is 3.30. The zero-order valence-electron chi connectivity index (χ0n) is 11.9. The van der Waals surface area contributed by atoms with Crippen molar-refractivity contribution in [2.45, 2.75) is 26.9 Å². The molecule has 0 bridgehead atoms. The smallest absolute Gasteiger partial charge is 0.129 e. The molecule has 0 spiro atoms. The van der Waals surface area contributed by atoms with Gasteiger partial charge in [0.05, 0.1) is 0 Å². The maximum Gasteiger partial charge on any atom is 0.129 e. The van der Waals surface area contributed by atoms with E-state index in [9.17, 15) is 4.39 Å². The fraction of sp³-hybridized carbons (Fsp3) is 0.375. The molecular formula is C16H20ClFN2. The van der Waals surface area contributed by atoms with Crippen LogP contribution in [0.15, 0.2) is 36.7 Å². The molecule has 0 saturated heterocycles. The summed E-state index contributed by atoms with van der Waals surface area (Å²) in [6.07, 6.45) is 4.02. The van der Waals surface area contributed by atoms with Crippen molar-refractivity contribution in [1.29, 1.82) is 0 Å². The van der Waals surface area contributed by atoms with E-state index in [1.54, 1.807) is 12.1 Å².